The van der Waals surface area contributed by atoms with Gasteiger partial charge in [0.05, 0.1) is 10.6 Å². The van der Waals surface area contributed by atoms with Crippen LogP contribution in [0.25, 0.3) is 10.2 Å². The minimum absolute atomic E-state index is 0.00198. The van der Waals surface area contributed by atoms with Gasteiger partial charge in [0.25, 0.3) is 5.56 Å². The Hall–Kier alpha value is -1.34. The summed E-state index contributed by atoms with van der Waals surface area (Å²) >= 11 is 2.94. The maximum absolute atomic E-state index is 13.2. The van der Waals surface area contributed by atoms with Gasteiger partial charge >= 0.3 is 0 Å². The number of thioether (sulfide) groups is 1. The predicted molar refractivity (Wildman–Crippen MR) is 119 cm³/mol. The SMILES string of the molecule is Cc1sc2nc(S[C@H](C)C(=O)N[C@H]3CCCC[C@@H]3C)n(C(C)C)c(=O)c2c1C. The van der Waals surface area contributed by atoms with E-state index in [1.165, 1.54) is 31.0 Å². The molecule has 2 aromatic heterocycles. The number of rotatable bonds is 5. The summed E-state index contributed by atoms with van der Waals surface area (Å²) in [6.45, 7) is 12.1. The van der Waals surface area contributed by atoms with Crippen LogP contribution in [0.2, 0.25) is 0 Å². The number of carbonyl (C=O) groups is 1. The molecule has 1 fully saturated rings. The minimum Gasteiger partial charge on any atom is -0.352 e. The first kappa shape index (κ1) is 21.4. The normalized spacial score (nSPS) is 21.2. The summed E-state index contributed by atoms with van der Waals surface area (Å²) in [5, 5.41) is 4.28. The molecule has 0 aromatic carbocycles. The maximum atomic E-state index is 13.2. The van der Waals surface area contributed by atoms with Crippen LogP contribution in [0.1, 0.15) is 69.9 Å². The van der Waals surface area contributed by atoms with Crippen LogP contribution in [0.15, 0.2) is 9.95 Å². The zero-order valence-corrected chi connectivity index (χ0v) is 19.3. The molecule has 0 saturated heterocycles. The zero-order valence-electron chi connectivity index (χ0n) is 17.7. The second-order valence-corrected chi connectivity index (χ2v) is 10.8. The predicted octanol–water partition coefficient (Wildman–Crippen LogP) is 4.83. The molecule has 0 aliphatic heterocycles. The fourth-order valence-electron chi connectivity index (χ4n) is 3.87. The number of aromatic nitrogens is 2. The van der Waals surface area contributed by atoms with Gasteiger partial charge in [0.15, 0.2) is 5.16 Å². The lowest BCUT2D eigenvalue weighted by Crippen LogP contribution is -2.44. The lowest BCUT2D eigenvalue weighted by Gasteiger charge is -2.30. The van der Waals surface area contributed by atoms with Gasteiger partial charge in [0.1, 0.15) is 4.83 Å². The van der Waals surface area contributed by atoms with Crippen molar-refractivity contribution < 1.29 is 4.79 Å². The third-order valence-corrected chi connectivity index (χ3v) is 7.98. The average molecular weight is 422 g/mol. The lowest BCUT2D eigenvalue weighted by molar-refractivity contribution is -0.121. The summed E-state index contributed by atoms with van der Waals surface area (Å²) in [5.74, 6) is 0.558. The highest BCUT2D eigenvalue weighted by atomic mass is 32.2. The van der Waals surface area contributed by atoms with Gasteiger partial charge < -0.3 is 5.32 Å². The Morgan fingerprint density at radius 3 is 2.57 bits per heavy atom. The van der Waals surface area contributed by atoms with Crippen molar-refractivity contribution in [3.05, 3.63) is 20.8 Å². The van der Waals surface area contributed by atoms with Gasteiger partial charge in [-0.1, -0.05) is 31.5 Å². The van der Waals surface area contributed by atoms with E-state index in [0.717, 1.165) is 21.7 Å². The summed E-state index contributed by atoms with van der Waals surface area (Å²) in [6, 6.07) is 0.245. The molecule has 0 spiro atoms. The van der Waals surface area contributed by atoms with Crippen molar-refractivity contribution in [3.8, 4) is 0 Å². The topological polar surface area (TPSA) is 64.0 Å². The van der Waals surface area contributed by atoms with E-state index in [1.54, 1.807) is 15.9 Å². The van der Waals surface area contributed by atoms with Crippen molar-refractivity contribution in [3.63, 3.8) is 0 Å². The highest BCUT2D eigenvalue weighted by Gasteiger charge is 2.27. The molecule has 28 heavy (non-hydrogen) atoms. The first-order valence-corrected chi connectivity index (χ1v) is 11.9. The molecule has 1 amide bonds. The Bertz CT molecular complexity index is 932. The van der Waals surface area contributed by atoms with Crippen molar-refractivity contribution in [1.29, 1.82) is 0 Å². The molecule has 2 aromatic rings. The fraction of sp³-hybridized carbons (Fsp3) is 0.667. The van der Waals surface area contributed by atoms with Crippen LogP contribution in [0, 0.1) is 19.8 Å². The number of hydrogen-bond acceptors (Lipinski definition) is 5. The smallest absolute Gasteiger partial charge is 0.263 e. The fourth-order valence-corrected chi connectivity index (χ4v) is 5.99. The van der Waals surface area contributed by atoms with E-state index in [0.29, 0.717) is 16.5 Å². The quantitative estimate of drug-likeness (QED) is 0.555. The van der Waals surface area contributed by atoms with Crippen molar-refractivity contribution in [1.82, 2.24) is 14.9 Å². The van der Waals surface area contributed by atoms with Crippen LogP contribution in [-0.4, -0.2) is 26.8 Å². The van der Waals surface area contributed by atoms with Crippen LogP contribution >= 0.6 is 23.1 Å². The Balaban J connectivity index is 1.87. The second-order valence-electron chi connectivity index (χ2n) is 8.26. The van der Waals surface area contributed by atoms with Crippen LogP contribution in [0.4, 0.5) is 0 Å². The van der Waals surface area contributed by atoms with Gasteiger partial charge in [-0.15, -0.1) is 11.3 Å². The van der Waals surface area contributed by atoms with Crippen LogP contribution in [0.5, 0.6) is 0 Å². The average Bonchev–Trinajstić information content (AvgIpc) is 2.90. The van der Waals surface area contributed by atoms with Crippen LogP contribution in [0.3, 0.4) is 0 Å². The second kappa shape index (κ2) is 8.57. The Morgan fingerprint density at radius 2 is 1.93 bits per heavy atom. The van der Waals surface area contributed by atoms with E-state index in [-0.39, 0.29) is 28.8 Å². The number of nitrogens with zero attached hydrogens (tertiary/aromatic N) is 2. The summed E-state index contributed by atoms with van der Waals surface area (Å²) < 4.78 is 1.74. The number of nitrogens with one attached hydrogen (secondary N) is 1. The molecule has 2 heterocycles. The van der Waals surface area contributed by atoms with Gasteiger partial charge in [-0.25, -0.2) is 4.98 Å². The molecule has 154 valence electrons. The Labute approximate surface area is 175 Å². The first-order chi connectivity index (χ1) is 13.2. The third-order valence-electron chi connectivity index (χ3n) is 5.81. The van der Waals surface area contributed by atoms with Crippen molar-refractivity contribution in [2.45, 2.75) is 89.7 Å². The van der Waals surface area contributed by atoms with E-state index in [4.69, 9.17) is 4.98 Å². The van der Waals surface area contributed by atoms with Gasteiger partial charge in [-0.3, -0.25) is 14.2 Å². The van der Waals surface area contributed by atoms with Crippen molar-refractivity contribution >= 4 is 39.2 Å². The molecule has 1 N–H and O–H groups in total. The number of amides is 1. The molecule has 7 heteroatoms. The van der Waals surface area contributed by atoms with Crippen molar-refractivity contribution in [2.24, 2.45) is 5.92 Å². The summed E-state index contributed by atoms with van der Waals surface area (Å²) in [6.07, 6.45) is 4.66. The highest BCUT2D eigenvalue weighted by Crippen LogP contribution is 2.31. The van der Waals surface area contributed by atoms with Crippen molar-refractivity contribution in [2.75, 3.05) is 0 Å². The van der Waals surface area contributed by atoms with E-state index in [1.807, 2.05) is 34.6 Å². The van der Waals surface area contributed by atoms with E-state index >= 15 is 0 Å². The monoisotopic (exact) mass is 421 g/mol. The lowest BCUT2D eigenvalue weighted by atomic mass is 9.86. The molecule has 1 aliphatic rings. The molecule has 0 unspecified atom stereocenters. The molecule has 5 nitrogen and oxygen atoms in total. The van der Waals surface area contributed by atoms with Crippen LogP contribution in [-0.2, 0) is 4.79 Å². The molecule has 1 saturated carbocycles. The Morgan fingerprint density at radius 1 is 1.25 bits per heavy atom. The van der Waals surface area contributed by atoms with Gasteiger partial charge in [0.2, 0.25) is 5.91 Å². The molecule has 3 rings (SSSR count). The van der Waals surface area contributed by atoms with Crippen LogP contribution < -0.4 is 10.9 Å². The number of aryl methyl sites for hydroxylation is 2. The highest BCUT2D eigenvalue weighted by molar-refractivity contribution is 8.00. The minimum atomic E-state index is -0.300. The molecular formula is C21H31N3O2S2. The first-order valence-electron chi connectivity index (χ1n) is 10.2. The van der Waals surface area contributed by atoms with E-state index in [2.05, 4.69) is 12.2 Å². The largest absolute Gasteiger partial charge is 0.352 e. The molecule has 3 atom stereocenters. The number of fused-ring (bicyclic) bond motifs is 1. The number of carbonyl (C=O) groups excluding carboxylic acids is 1. The molecule has 0 bridgehead atoms. The zero-order chi connectivity index (χ0) is 20.6. The van der Waals surface area contributed by atoms with E-state index in [9.17, 15) is 9.59 Å². The summed E-state index contributed by atoms with van der Waals surface area (Å²) in [7, 11) is 0. The third kappa shape index (κ3) is 4.15. The van der Waals surface area contributed by atoms with Gasteiger partial charge in [-0.05, 0) is 58.9 Å². The maximum Gasteiger partial charge on any atom is 0.263 e. The molecule has 0 radical (unpaired) electrons. The standard InChI is InChI=1S/C21H31N3O2S2/c1-11(2)24-20(26)17-13(4)14(5)27-19(17)23-21(24)28-15(6)18(25)22-16-10-8-7-9-12(16)3/h11-12,15-16H,7-10H2,1-6H3,(H,22,25)/t12-,15+,16-/m0/s1. The van der Waals surface area contributed by atoms with E-state index < -0.39 is 0 Å². The number of hydrogen-bond donors (Lipinski definition) is 1. The summed E-state index contributed by atoms with van der Waals surface area (Å²) in [5.41, 5.74) is 1.01. The van der Waals surface area contributed by atoms with Gasteiger partial charge in [0, 0.05) is 17.0 Å². The Kier molecular flexibility index (Phi) is 6.54. The number of thiophene rings is 1. The molecular weight excluding hydrogens is 390 g/mol. The molecule has 1 aliphatic carbocycles. The summed E-state index contributed by atoms with van der Waals surface area (Å²) in [4.78, 5) is 32.6. The van der Waals surface area contributed by atoms with Gasteiger partial charge in [-0.2, -0.15) is 0 Å².